The van der Waals surface area contributed by atoms with Gasteiger partial charge < -0.3 is 10.1 Å². The largest absolute Gasteiger partial charge is 0.438 e. The van der Waals surface area contributed by atoms with Gasteiger partial charge in [-0.2, -0.15) is 0 Å². The monoisotopic (exact) mass is 342 g/mol. The van der Waals surface area contributed by atoms with E-state index in [1.165, 1.54) is 0 Å². The van der Waals surface area contributed by atoms with Gasteiger partial charge in [0.15, 0.2) is 0 Å². The van der Waals surface area contributed by atoms with Crippen LogP contribution in [0.3, 0.4) is 0 Å². The number of hydrogen-bond acceptors (Lipinski definition) is 5. The fraction of sp³-hybridized carbons (Fsp3) is 0.0952. The zero-order chi connectivity index (χ0) is 17.8. The van der Waals surface area contributed by atoms with Gasteiger partial charge in [0.1, 0.15) is 5.75 Å². The number of nitrogens with one attached hydrogen (secondary N) is 1. The molecule has 128 valence electrons. The Morgan fingerprint density at radius 2 is 1.85 bits per heavy atom. The molecule has 0 saturated heterocycles. The molecule has 1 N–H and O–H groups in total. The van der Waals surface area contributed by atoms with E-state index in [9.17, 15) is 0 Å². The van der Waals surface area contributed by atoms with Gasteiger partial charge >= 0.3 is 0 Å². The second-order valence-corrected chi connectivity index (χ2v) is 5.97. The van der Waals surface area contributed by atoms with Crippen molar-refractivity contribution in [1.82, 2.24) is 15.0 Å². The summed E-state index contributed by atoms with van der Waals surface area (Å²) in [4.78, 5) is 12.7. The van der Waals surface area contributed by atoms with E-state index in [4.69, 9.17) is 4.74 Å². The van der Waals surface area contributed by atoms with E-state index in [0.717, 1.165) is 33.6 Å². The number of ether oxygens (including phenoxy) is 1. The number of fused-ring (bicyclic) bond motifs is 1. The Bertz CT molecular complexity index is 1020. The van der Waals surface area contributed by atoms with Crippen LogP contribution in [0.5, 0.6) is 11.6 Å². The topological polar surface area (TPSA) is 59.9 Å². The molecule has 0 bridgehead atoms. The highest BCUT2D eigenvalue weighted by molar-refractivity contribution is 5.90. The van der Waals surface area contributed by atoms with E-state index in [0.29, 0.717) is 12.4 Å². The van der Waals surface area contributed by atoms with E-state index in [1.807, 2.05) is 43.3 Å². The Labute approximate surface area is 151 Å². The molecule has 5 heteroatoms. The van der Waals surface area contributed by atoms with Crippen LogP contribution >= 0.6 is 0 Å². The lowest BCUT2D eigenvalue weighted by molar-refractivity contribution is 0.460. The molecule has 0 unspecified atom stereocenters. The van der Waals surface area contributed by atoms with Crippen LogP contribution in [0.4, 0.5) is 5.69 Å². The predicted molar refractivity (Wildman–Crippen MR) is 102 cm³/mol. The molecule has 2 aromatic carbocycles. The molecule has 0 fully saturated rings. The third-order valence-corrected chi connectivity index (χ3v) is 4.03. The quantitative estimate of drug-likeness (QED) is 0.568. The lowest BCUT2D eigenvalue weighted by Gasteiger charge is -2.10. The van der Waals surface area contributed by atoms with Crippen molar-refractivity contribution in [2.45, 2.75) is 13.5 Å². The maximum Gasteiger partial charge on any atom is 0.237 e. The predicted octanol–water partition coefficient (Wildman–Crippen LogP) is 4.74. The standard InChI is InChI=1S/C21H18N4O/c1-15-5-8-17-3-2-4-19(21(17)25-15)24-13-16-6-9-18(10-7-16)26-20-14-22-11-12-23-20/h2-12,14,24H,13H2,1H3. The summed E-state index contributed by atoms with van der Waals surface area (Å²) in [6.45, 7) is 2.71. The van der Waals surface area contributed by atoms with E-state index < -0.39 is 0 Å². The number of benzene rings is 2. The van der Waals surface area contributed by atoms with Gasteiger partial charge in [-0.3, -0.25) is 9.97 Å². The summed E-state index contributed by atoms with van der Waals surface area (Å²) in [5, 5.41) is 4.61. The minimum atomic E-state index is 0.482. The molecule has 0 atom stereocenters. The molecule has 0 aliphatic heterocycles. The van der Waals surface area contributed by atoms with Gasteiger partial charge in [0, 0.05) is 30.0 Å². The van der Waals surface area contributed by atoms with Gasteiger partial charge in [-0.25, -0.2) is 4.98 Å². The Morgan fingerprint density at radius 3 is 2.65 bits per heavy atom. The van der Waals surface area contributed by atoms with E-state index >= 15 is 0 Å². The summed E-state index contributed by atoms with van der Waals surface area (Å²) in [5.74, 6) is 1.22. The highest BCUT2D eigenvalue weighted by Crippen LogP contribution is 2.23. The van der Waals surface area contributed by atoms with Crippen molar-refractivity contribution in [3.05, 3.63) is 84.4 Å². The van der Waals surface area contributed by atoms with E-state index in [2.05, 4.69) is 38.5 Å². The van der Waals surface area contributed by atoms with Crippen molar-refractivity contribution >= 4 is 16.6 Å². The molecule has 4 rings (SSSR count). The number of nitrogens with zero attached hydrogens (tertiary/aromatic N) is 3. The van der Waals surface area contributed by atoms with Crippen LogP contribution in [0.1, 0.15) is 11.3 Å². The minimum absolute atomic E-state index is 0.482. The first-order valence-electron chi connectivity index (χ1n) is 8.41. The summed E-state index contributed by atoms with van der Waals surface area (Å²) < 4.78 is 5.66. The molecule has 2 heterocycles. The molecule has 0 spiro atoms. The maximum absolute atomic E-state index is 5.66. The first-order valence-corrected chi connectivity index (χ1v) is 8.41. The van der Waals surface area contributed by atoms with Crippen LogP contribution in [-0.4, -0.2) is 15.0 Å². The average Bonchev–Trinajstić information content (AvgIpc) is 2.68. The average molecular weight is 342 g/mol. The summed E-state index contributed by atoms with van der Waals surface area (Å²) in [6, 6.07) is 18.2. The van der Waals surface area contributed by atoms with Crippen molar-refractivity contribution in [2.24, 2.45) is 0 Å². The van der Waals surface area contributed by atoms with E-state index in [1.54, 1.807) is 18.6 Å². The molecule has 0 aliphatic rings. The normalized spacial score (nSPS) is 10.7. The van der Waals surface area contributed by atoms with Crippen LogP contribution in [0.15, 0.2) is 73.2 Å². The number of aromatic nitrogens is 3. The van der Waals surface area contributed by atoms with Crippen LogP contribution in [0.2, 0.25) is 0 Å². The third kappa shape index (κ3) is 3.62. The second-order valence-electron chi connectivity index (χ2n) is 5.97. The Balaban J connectivity index is 1.46. The molecule has 2 aromatic heterocycles. The number of hydrogen-bond donors (Lipinski definition) is 1. The first kappa shape index (κ1) is 16.0. The van der Waals surface area contributed by atoms with E-state index in [-0.39, 0.29) is 0 Å². The summed E-state index contributed by atoms with van der Waals surface area (Å²) in [7, 11) is 0. The number of pyridine rings is 1. The molecule has 0 amide bonds. The van der Waals surface area contributed by atoms with Crippen molar-refractivity contribution in [3.8, 4) is 11.6 Å². The number of rotatable bonds is 5. The SMILES string of the molecule is Cc1ccc2cccc(NCc3ccc(Oc4cnccn4)cc3)c2n1. The fourth-order valence-corrected chi connectivity index (χ4v) is 2.72. The lowest BCUT2D eigenvalue weighted by Crippen LogP contribution is -2.01. The molecule has 4 aromatic rings. The first-order chi connectivity index (χ1) is 12.8. The maximum atomic E-state index is 5.66. The van der Waals surface area contributed by atoms with Crippen LogP contribution in [0.25, 0.3) is 10.9 Å². The molecule has 0 aliphatic carbocycles. The van der Waals surface area contributed by atoms with Gasteiger partial charge in [-0.15, -0.1) is 0 Å². The molecule has 5 nitrogen and oxygen atoms in total. The zero-order valence-electron chi connectivity index (χ0n) is 14.4. The van der Waals surface area contributed by atoms with Crippen LogP contribution < -0.4 is 10.1 Å². The molecular formula is C21H18N4O. The molecule has 0 saturated carbocycles. The zero-order valence-corrected chi connectivity index (χ0v) is 14.4. The molecular weight excluding hydrogens is 324 g/mol. The van der Waals surface area contributed by atoms with Crippen LogP contribution in [0, 0.1) is 6.92 Å². The Hall–Kier alpha value is -3.47. The minimum Gasteiger partial charge on any atom is -0.438 e. The van der Waals surface area contributed by atoms with Gasteiger partial charge in [0.25, 0.3) is 0 Å². The second kappa shape index (κ2) is 7.19. The van der Waals surface area contributed by atoms with Gasteiger partial charge in [0.05, 0.1) is 17.4 Å². The summed E-state index contributed by atoms with van der Waals surface area (Å²) in [6.07, 6.45) is 4.81. The molecule has 26 heavy (non-hydrogen) atoms. The highest BCUT2D eigenvalue weighted by Gasteiger charge is 2.03. The lowest BCUT2D eigenvalue weighted by atomic mass is 10.1. The smallest absolute Gasteiger partial charge is 0.237 e. The van der Waals surface area contributed by atoms with Crippen molar-refractivity contribution in [1.29, 1.82) is 0 Å². The Morgan fingerprint density at radius 1 is 0.962 bits per heavy atom. The number of anilines is 1. The number of aryl methyl sites for hydroxylation is 1. The summed E-state index contributed by atoms with van der Waals surface area (Å²) >= 11 is 0. The van der Waals surface area contributed by atoms with Crippen molar-refractivity contribution in [3.63, 3.8) is 0 Å². The van der Waals surface area contributed by atoms with Crippen molar-refractivity contribution < 1.29 is 4.74 Å². The Kier molecular flexibility index (Phi) is 4.43. The van der Waals surface area contributed by atoms with Crippen LogP contribution in [-0.2, 0) is 6.54 Å². The number of para-hydroxylation sites is 1. The van der Waals surface area contributed by atoms with Crippen molar-refractivity contribution in [2.75, 3.05) is 5.32 Å². The highest BCUT2D eigenvalue weighted by atomic mass is 16.5. The summed E-state index contributed by atoms with van der Waals surface area (Å²) in [5.41, 5.74) is 4.19. The van der Waals surface area contributed by atoms with Gasteiger partial charge in [-0.1, -0.05) is 30.3 Å². The third-order valence-electron chi connectivity index (χ3n) is 4.03. The fourth-order valence-electron chi connectivity index (χ4n) is 2.72. The van der Waals surface area contributed by atoms with Gasteiger partial charge in [0.2, 0.25) is 5.88 Å². The molecule has 0 radical (unpaired) electrons. The van der Waals surface area contributed by atoms with Gasteiger partial charge in [-0.05, 0) is 36.8 Å².